The summed E-state index contributed by atoms with van der Waals surface area (Å²) in [7, 11) is 0. The van der Waals surface area contributed by atoms with E-state index in [1.54, 1.807) is 12.4 Å². The van der Waals surface area contributed by atoms with Gasteiger partial charge in [-0.2, -0.15) is 0 Å². The van der Waals surface area contributed by atoms with Crippen LogP contribution < -0.4 is 10.2 Å². The lowest BCUT2D eigenvalue weighted by atomic mass is 10.0. The highest BCUT2D eigenvalue weighted by Crippen LogP contribution is 2.29. The Bertz CT molecular complexity index is 1250. The Kier molecular flexibility index (Phi) is 6.84. The van der Waals surface area contributed by atoms with E-state index in [-0.39, 0.29) is 5.91 Å². The predicted octanol–water partition coefficient (Wildman–Crippen LogP) is 6.82. The molecule has 166 valence electrons. The summed E-state index contributed by atoms with van der Waals surface area (Å²) >= 11 is 0. The zero-order valence-corrected chi connectivity index (χ0v) is 19.4. The Labute approximate surface area is 195 Å². The molecule has 0 bridgehead atoms. The smallest absolute Gasteiger partial charge is 0.257 e. The lowest BCUT2D eigenvalue weighted by Crippen LogP contribution is -2.21. The van der Waals surface area contributed by atoms with E-state index in [0.717, 1.165) is 46.6 Å². The van der Waals surface area contributed by atoms with Crippen LogP contribution in [0, 0.1) is 6.92 Å². The first-order valence-corrected chi connectivity index (χ1v) is 11.4. The highest BCUT2D eigenvalue weighted by molar-refractivity contribution is 6.05. The number of hydrogen-bond acceptors (Lipinski definition) is 3. The molecule has 0 saturated carbocycles. The average molecular weight is 436 g/mol. The molecular weight excluding hydrogens is 406 g/mol. The number of anilines is 2. The van der Waals surface area contributed by atoms with Crippen molar-refractivity contribution >= 4 is 17.3 Å². The zero-order valence-electron chi connectivity index (χ0n) is 19.4. The largest absolute Gasteiger partial charge is 0.372 e. The van der Waals surface area contributed by atoms with Gasteiger partial charge in [-0.15, -0.1) is 0 Å². The molecule has 0 spiro atoms. The minimum atomic E-state index is -0.169. The Morgan fingerprint density at radius 3 is 2.27 bits per heavy atom. The molecule has 4 heteroatoms. The predicted molar refractivity (Wildman–Crippen MR) is 138 cm³/mol. The molecule has 4 rings (SSSR count). The fraction of sp³-hybridized carbons (Fsp3) is 0.172. The quantitative estimate of drug-likeness (QED) is 0.346. The molecule has 0 radical (unpaired) electrons. The molecule has 0 unspecified atom stereocenters. The van der Waals surface area contributed by atoms with Crippen LogP contribution in [0.15, 0.2) is 91.3 Å². The summed E-state index contributed by atoms with van der Waals surface area (Å²) in [5, 5.41) is 3.09. The van der Waals surface area contributed by atoms with Crippen LogP contribution in [0.3, 0.4) is 0 Å². The SMILES string of the molecule is CCN(CC)c1cccc(-c2ccc(C)c(NC(=O)c3cncc(-c4ccccc4)c3)c2)c1. The van der Waals surface area contributed by atoms with Crippen LogP contribution in [-0.2, 0) is 0 Å². The highest BCUT2D eigenvalue weighted by Gasteiger charge is 2.12. The normalized spacial score (nSPS) is 10.6. The number of amides is 1. The molecule has 1 heterocycles. The van der Waals surface area contributed by atoms with Crippen LogP contribution in [0.1, 0.15) is 29.8 Å². The van der Waals surface area contributed by atoms with Crippen LogP contribution in [0.5, 0.6) is 0 Å². The molecule has 4 aromatic rings. The molecule has 0 saturated heterocycles. The number of nitrogens with zero attached hydrogens (tertiary/aromatic N) is 2. The van der Waals surface area contributed by atoms with Crippen molar-refractivity contribution in [3.8, 4) is 22.3 Å². The summed E-state index contributed by atoms with van der Waals surface area (Å²) < 4.78 is 0. The van der Waals surface area contributed by atoms with E-state index in [0.29, 0.717) is 5.56 Å². The average Bonchev–Trinajstić information content (AvgIpc) is 2.87. The zero-order chi connectivity index (χ0) is 23.2. The van der Waals surface area contributed by atoms with Crippen molar-refractivity contribution in [2.45, 2.75) is 20.8 Å². The van der Waals surface area contributed by atoms with Crippen molar-refractivity contribution in [3.05, 3.63) is 102 Å². The maximum Gasteiger partial charge on any atom is 0.257 e. The minimum absolute atomic E-state index is 0.169. The van der Waals surface area contributed by atoms with E-state index in [9.17, 15) is 4.79 Å². The fourth-order valence-electron chi connectivity index (χ4n) is 3.95. The standard InChI is InChI=1S/C29H29N3O/c1-4-32(5-2)27-13-9-12-23(17-27)24-15-14-21(3)28(18-24)31-29(33)26-16-25(19-30-20-26)22-10-7-6-8-11-22/h6-20H,4-5H2,1-3H3,(H,31,33). The Morgan fingerprint density at radius 1 is 0.788 bits per heavy atom. The lowest BCUT2D eigenvalue weighted by Gasteiger charge is -2.21. The van der Waals surface area contributed by atoms with Gasteiger partial charge in [0.25, 0.3) is 5.91 Å². The first-order chi connectivity index (χ1) is 16.1. The third kappa shape index (κ3) is 5.12. The van der Waals surface area contributed by atoms with Gasteiger partial charge in [-0.05, 0) is 67.3 Å². The van der Waals surface area contributed by atoms with Crippen LogP contribution in [-0.4, -0.2) is 24.0 Å². The first-order valence-electron chi connectivity index (χ1n) is 11.4. The molecule has 0 atom stereocenters. The molecule has 1 N–H and O–H groups in total. The molecular formula is C29H29N3O. The van der Waals surface area contributed by atoms with Crippen molar-refractivity contribution in [1.29, 1.82) is 0 Å². The van der Waals surface area contributed by atoms with Gasteiger partial charge in [-0.3, -0.25) is 9.78 Å². The topological polar surface area (TPSA) is 45.2 Å². The molecule has 0 aliphatic heterocycles. The number of rotatable bonds is 7. The molecule has 0 aliphatic carbocycles. The summed E-state index contributed by atoms with van der Waals surface area (Å²) in [5.41, 5.74) is 7.70. The van der Waals surface area contributed by atoms with Crippen molar-refractivity contribution in [2.24, 2.45) is 0 Å². The van der Waals surface area contributed by atoms with Gasteiger partial charge in [-0.1, -0.05) is 54.6 Å². The second kappa shape index (κ2) is 10.1. The van der Waals surface area contributed by atoms with Gasteiger partial charge in [0, 0.05) is 42.4 Å². The number of carbonyl (C=O) groups excluding carboxylic acids is 1. The second-order valence-corrected chi connectivity index (χ2v) is 8.03. The van der Waals surface area contributed by atoms with Crippen LogP contribution >= 0.6 is 0 Å². The summed E-state index contributed by atoms with van der Waals surface area (Å²) in [4.78, 5) is 19.7. The number of aromatic nitrogens is 1. The van der Waals surface area contributed by atoms with Crippen molar-refractivity contribution in [1.82, 2.24) is 4.98 Å². The van der Waals surface area contributed by atoms with Crippen molar-refractivity contribution in [3.63, 3.8) is 0 Å². The van der Waals surface area contributed by atoms with Crippen molar-refractivity contribution in [2.75, 3.05) is 23.3 Å². The van der Waals surface area contributed by atoms with Crippen molar-refractivity contribution < 1.29 is 4.79 Å². The Morgan fingerprint density at radius 2 is 1.52 bits per heavy atom. The number of carbonyl (C=O) groups is 1. The van der Waals surface area contributed by atoms with E-state index in [1.165, 1.54) is 5.69 Å². The number of nitrogens with one attached hydrogen (secondary N) is 1. The van der Waals surface area contributed by atoms with E-state index in [4.69, 9.17) is 0 Å². The first kappa shape index (κ1) is 22.3. The molecule has 0 fully saturated rings. The molecule has 1 amide bonds. The second-order valence-electron chi connectivity index (χ2n) is 8.03. The molecule has 0 aliphatic rings. The number of hydrogen-bond donors (Lipinski definition) is 1. The number of aryl methyl sites for hydroxylation is 1. The monoisotopic (exact) mass is 435 g/mol. The number of pyridine rings is 1. The third-order valence-electron chi connectivity index (χ3n) is 5.90. The molecule has 4 nitrogen and oxygen atoms in total. The summed E-state index contributed by atoms with van der Waals surface area (Å²) in [6, 6.07) is 26.6. The van der Waals surface area contributed by atoms with Crippen LogP contribution in [0.4, 0.5) is 11.4 Å². The van der Waals surface area contributed by atoms with E-state index < -0.39 is 0 Å². The summed E-state index contributed by atoms with van der Waals surface area (Å²) in [6.45, 7) is 8.26. The van der Waals surface area contributed by atoms with Gasteiger partial charge in [-0.25, -0.2) is 0 Å². The van der Waals surface area contributed by atoms with Gasteiger partial charge < -0.3 is 10.2 Å². The van der Waals surface area contributed by atoms with E-state index >= 15 is 0 Å². The van der Waals surface area contributed by atoms with E-state index in [1.807, 2.05) is 55.5 Å². The lowest BCUT2D eigenvalue weighted by molar-refractivity contribution is 0.102. The Hall–Kier alpha value is -3.92. The van der Waals surface area contributed by atoms with E-state index in [2.05, 4.69) is 59.4 Å². The van der Waals surface area contributed by atoms with Crippen LogP contribution in [0.2, 0.25) is 0 Å². The molecule has 33 heavy (non-hydrogen) atoms. The maximum atomic E-state index is 13.1. The molecule has 1 aromatic heterocycles. The maximum absolute atomic E-state index is 13.1. The highest BCUT2D eigenvalue weighted by atomic mass is 16.1. The van der Waals surface area contributed by atoms with Gasteiger partial charge >= 0.3 is 0 Å². The summed E-state index contributed by atoms with van der Waals surface area (Å²) in [5.74, 6) is -0.169. The minimum Gasteiger partial charge on any atom is -0.372 e. The third-order valence-corrected chi connectivity index (χ3v) is 5.90. The molecule has 3 aromatic carbocycles. The Balaban J connectivity index is 1.60. The van der Waals surface area contributed by atoms with Gasteiger partial charge in [0.05, 0.1) is 5.56 Å². The van der Waals surface area contributed by atoms with Gasteiger partial charge in [0.1, 0.15) is 0 Å². The van der Waals surface area contributed by atoms with Crippen LogP contribution in [0.25, 0.3) is 22.3 Å². The van der Waals surface area contributed by atoms with Gasteiger partial charge in [0.2, 0.25) is 0 Å². The summed E-state index contributed by atoms with van der Waals surface area (Å²) in [6.07, 6.45) is 3.38. The number of benzene rings is 3. The fourth-order valence-corrected chi connectivity index (χ4v) is 3.95. The van der Waals surface area contributed by atoms with Gasteiger partial charge in [0.15, 0.2) is 0 Å².